The lowest BCUT2D eigenvalue weighted by Crippen LogP contribution is -2.23. The molecule has 0 saturated carbocycles. The first-order chi connectivity index (χ1) is 10.1. The predicted molar refractivity (Wildman–Crippen MR) is 85.4 cm³/mol. The van der Waals surface area contributed by atoms with Gasteiger partial charge in [0.05, 0.1) is 12.7 Å². The molecule has 0 atom stereocenters. The molecule has 1 N–H and O–H groups in total. The Balaban J connectivity index is 2.02. The minimum atomic E-state index is 0.496. The molecule has 1 heterocycles. The molecule has 0 aliphatic rings. The Morgan fingerprint density at radius 3 is 2.86 bits per heavy atom. The molecule has 0 fully saturated rings. The van der Waals surface area contributed by atoms with Crippen molar-refractivity contribution >= 4 is 15.9 Å². The molecule has 1 aromatic carbocycles. The van der Waals surface area contributed by atoms with Crippen molar-refractivity contribution in [3.8, 4) is 17.2 Å². The molecule has 1 aromatic heterocycles. The zero-order valence-corrected chi connectivity index (χ0v) is 14.1. The van der Waals surface area contributed by atoms with E-state index in [1.165, 1.54) is 0 Å². The highest BCUT2D eigenvalue weighted by Crippen LogP contribution is 2.30. The van der Waals surface area contributed by atoms with Crippen LogP contribution in [0.3, 0.4) is 0 Å². The second-order valence-electron chi connectivity index (χ2n) is 5.06. The molecular formula is C15H20BrN3O2. The van der Waals surface area contributed by atoms with E-state index in [4.69, 9.17) is 9.15 Å². The summed E-state index contributed by atoms with van der Waals surface area (Å²) in [5.74, 6) is 1.92. The van der Waals surface area contributed by atoms with Crippen LogP contribution in [-0.4, -0.2) is 29.9 Å². The van der Waals surface area contributed by atoms with Crippen LogP contribution in [0.4, 0.5) is 0 Å². The van der Waals surface area contributed by atoms with Crippen LogP contribution in [-0.2, 0) is 6.42 Å². The van der Waals surface area contributed by atoms with Gasteiger partial charge >= 0.3 is 0 Å². The lowest BCUT2D eigenvalue weighted by molar-refractivity contribution is 0.414. The Hall–Kier alpha value is -1.40. The van der Waals surface area contributed by atoms with E-state index < -0.39 is 0 Å². The number of hydrogen-bond donors (Lipinski definition) is 1. The van der Waals surface area contributed by atoms with Crippen molar-refractivity contribution in [1.82, 2.24) is 15.5 Å². The van der Waals surface area contributed by atoms with Crippen LogP contribution in [0.5, 0.6) is 5.75 Å². The molecular weight excluding hydrogens is 334 g/mol. The van der Waals surface area contributed by atoms with Gasteiger partial charge in [0.2, 0.25) is 11.8 Å². The SMILES string of the molecule is COc1ccc(Br)c(-c2nnc(CCCNC(C)C)o2)c1. The van der Waals surface area contributed by atoms with Crippen molar-refractivity contribution in [2.45, 2.75) is 32.7 Å². The summed E-state index contributed by atoms with van der Waals surface area (Å²) in [6, 6.07) is 6.16. The summed E-state index contributed by atoms with van der Waals surface area (Å²) in [7, 11) is 1.63. The summed E-state index contributed by atoms with van der Waals surface area (Å²) < 4.78 is 11.8. The number of aryl methyl sites for hydroxylation is 1. The van der Waals surface area contributed by atoms with E-state index in [1.807, 2.05) is 18.2 Å². The molecule has 0 aliphatic heterocycles. The Morgan fingerprint density at radius 1 is 1.33 bits per heavy atom. The second-order valence-corrected chi connectivity index (χ2v) is 5.91. The third-order valence-corrected chi connectivity index (χ3v) is 3.68. The molecule has 0 unspecified atom stereocenters. The highest BCUT2D eigenvalue weighted by Gasteiger charge is 2.12. The maximum Gasteiger partial charge on any atom is 0.249 e. The van der Waals surface area contributed by atoms with E-state index in [2.05, 4.69) is 45.3 Å². The average Bonchev–Trinajstić information content (AvgIpc) is 2.92. The fourth-order valence-corrected chi connectivity index (χ4v) is 2.31. The summed E-state index contributed by atoms with van der Waals surface area (Å²) in [5, 5.41) is 11.6. The van der Waals surface area contributed by atoms with E-state index in [0.717, 1.165) is 35.2 Å². The van der Waals surface area contributed by atoms with Crippen molar-refractivity contribution in [1.29, 1.82) is 0 Å². The van der Waals surface area contributed by atoms with E-state index in [0.29, 0.717) is 17.8 Å². The van der Waals surface area contributed by atoms with Crippen LogP contribution in [0.2, 0.25) is 0 Å². The lowest BCUT2D eigenvalue weighted by Gasteiger charge is -2.05. The van der Waals surface area contributed by atoms with Crippen molar-refractivity contribution in [3.63, 3.8) is 0 Å². The first-order valence-electron chi connectivity index (χ1n) is 7.00. The summed E-state index contributed by atoms with van der Waals surface area (Å²) in [6.45, 7) is 5.20. The lowest BCUT2D eigenvalue weighted by atomic mass is 10.2. The van der Waals surface area contributed by atoms with E-state index in [1.54, 1.807) is 7.11 Å². The van der Waals surface area contributed by atoms with Crippen molar-refractivity contribution in [2.24, 2.45) is 0 Å². The fourth-order valence-electron chi connectivity index (χ4n) is 1.89. The largest absolute Gasteiger partial charge is 0.497 e. The third kappa shape index (κ3) is 4.54. The Bertz CT molecular complexity index is 584. The zero-order valence-electron chi connectivity index (χ0n) is 12.5. The molecule has 0 radical (unpaired) electrons. The summed E-state index contributed by atoms with van der Waals surface area (Å²) in [4.78, 5) is 0. The van der Waals surface area contributed by atoms with Crippen LogP contribution >= 0.6 is 15.9 Å². The van der Waals surface area contributed by atoms with Gasteiger partial charge in [0, 0.05) is 16.9 Å². The van der Waals surface area contributed by atoms with Crippen LogP contribution < -0.4 is 10.1 Å². The molecule has 0 spiro atoms. The van der Waals surface area contributed by atoms with Gasteiger partial charge < -0.3 is 14.5 Å². The van der Waals surface area contributed by atoms with E-state index >= 15 is 0 Å². The van der Waals surface area contributed by atoms with Gasteiger partial charge in [0.15, 0.2) is 0 Å². The maximum atomic E-state index is 5.72. The zero-order chi connectivity index (χ0) is 15.2. The number of halogens is 1. The number of aromatic nitrogens is 2. The quantitative estimate of drug-likeness (QED) is 0.772. The van der Waals surface area contributed by atoms with Crippen LogP contribution in [0, 0.1) is 0 Å². The smallest absolute Gasteiger partial charge is 0.249 e. The van der Waals surface area contributed by atoms with Gasteiger partial charge in [-0.2, -0.15) is 0 Å². The Labute approximate surface area is 133 Å². The van der Waals surface area contributed by atoms with Crippen molar-refractivity contribution in [2.75, 3.05) is 13.7 Å². The topological polar surface area (TPSA) is 60.2 Å². The number of hydrogen-bond acceptors (Lipinski definition) is 5. The van der Waals surface area contributed by atoms with Gasteiger partial charge in [-0.05, 0) is 47.1 Å². The minimum Gasteiger partial charge on any atom is -0.497 e. The summed E-state index contributed by atoms with van der Waals surface area (Å²) >= 11 is 3.49. The van der Waals surface area contributed by atoms with Gasteiger partial charge in [0.25, 0.3) is 0 Å². The maximum absolute atomic E-state index is 5.72. The number of methoxy groups -OCH3 is 1. The highest BCUT2D eigenvalue weighted by atomic mass is 79.9. The minimum absolute atomic E-state index is 0.496. The first-order valence-corrected chi connectivity index (χ1v) is 7.79. The van der Waals surface area contributed by atoms with Crippen LogP contribution in [0.1, 0.15) is 26.2 Å². The Kier molecular flexibility index (Phi) is 5.76. The molecule has 21 heavy (non-hydrogen) atoms. The molecule has 0 amide bonds. The average molecular weight is 354 g/mol. The normalized spacial score (nSPS) is 11.1. The van der Waals surface area contributed by atoms with Gasteiger partial charge in [-0.1, -0.05) is 13.8 Å². The van der Waals surface area contributed by atoms with Gasteiger partial charge in [-0.15, -0.1) is 10.2 Å². The molecule has 5 nitrogen and oxygen atoms in total. The van der Waals surface area contributed by atoms with Crippen molar-refractivity contribution < 1.29 is 9.15 Å². The van der Waals surface area contributed by atoms with Crippen LogP contribution in [0.15, 0.2) is 27.1 Å². The molecule has 114 valence electrons. The molecule has 0 aliphatic carbocycles. The number of nitrogens with one attached hydrogen (secondary N) is 1. The number of ether oxygens (including phenoxy) is 1. The standard InChI is InChI=1S/C15H20BrN3O2/c1-10(2)17-8-4-5-14-18-19-15(21-14)12-9-11(20-3)6-7-13(12)16/h6-7,9-10,17H,4-5,8H2,1-3H3. The number of rotatable bonds is 7. The van der Waals surface area contributed by atoms with Gasteiger partial charge in [0.1, 0.15) is 5.75 Å². The fraction of sp³-hybridized carbons (Fsp3) is 0.467. The van der Waals surface area contributed by atoms with Crippen LogP contribution in [0.25, 0.3) is 11.5 Å². The summed E-state index contributed by atoms with van der Waals surface area (Å²) in [6.07, 6.45) is 1.74. The second kappa shape index (κ2) is 7.56. The Morgan fingerprint density at radius 2 is 2.14 bits per heavy atom. The van der Waals surface area contributed by atoms with E-state index in [9.17, 15) is 0 Å². The molecule has 2 aromatic rings. The monoisotopic (exact) mass is 353 g/mol. The molecule has 0 saturated heterocycles. The molecule has 6 heteroatoms. The van der Waals surface area contributed by atoms with E-state index in [-0.39, 0.29) is 0 Å². The molecule has 2 rings (SSSR count). The number of benzene rings is 1. The van der Waals surface area contributed by atoms with Crippen molar-refractivity contribution in [3.05, 3.63) is 28.6 Å². The first kappa shape index (κ1) is 16.0. The summed E-state index contributed by atoms with van der Waals surface area (Å²) in [5.41, 5.74) is 0.841. The third-order valence-electron chi connectivity index (χ3n) is 2.99. The van der Waals surface area contributed by atoms with Gasteiger partial charge in [-0.25, -0.2) is 0 Å². The predicted octanol–water partition coefficient (Wildman–Crippen LogP) is 3.44. The number of nitrogens with zero attached hydrogens (tertiary/aromatic N) is 2. The highest BCUT2D eigenvalue weighted by molar-refractivity contribution is 9.10. The van der Waals surface area contributed by atoms with Gasteiger partial charge in [-0.3, -0.25) is 0 Å². The molecule has 0 bridgehead atoms.